The molecule has 0 spiro atoms. The first-order chi connectivity index (χ1) is 14.5. The molecule has 0 saturated carbocycles. The number of aryl methyl sites for hydroxylation is 1. The summed E-state index contributed by atoms with van der Waals surface area (Å²) in [5.74, 6) is 1.05. The van der Waals surface area contributed by atoms with E-state index in [1.807, 2.05) is 4.90 Å². The number of piperidine rings is 1. The predicted octanol–water partition coefficient (Wildman–Crippen LogP) is 4.24. The average Bonchev–Trinajstić information content (AvgIpc) is 3.27. The molecular weight excluding hydrogens is 423 g/mol. The molecular formula is C21H22Cl2N6O. The van der Waals surface area contributed by atoms with Crippen LogP contribution in [0.15, 0.2) is 43.0 Å². The van der Waals surface area contributed by atoms with Gasteiger partial charge >= 0.3 is 0 Å². The highest BCUT2D eigenvalue weighted by atomic mass is 35.5. The smallest absolute Gasteiger partial charge is 0.256 e. The molecule has 1 fully saturated rings. The van der Waals surface area contributed by atoms with Crippen LogP contribution in [0.3, 0.4) is 0 Å². The summed E-state index contributed by atoms with van der Waals surface area (Å²) < 4.78 is 0. The van der Waals surface area contributed by atoms with Crippen LogP contribution in [-0.4, -0.2) is 48.4 Å². The largest absolute Gasteiger partial charge is 0.335 e. The zero-order valence-corrected chi connectivity index (χ0v) is 18.1. The normalized spacial score (nSPS) is 19.1. The number of hydrogen-bond donors (Lipinski definition) is 0. The second-order valence-electron chi connectivity index (χ2n) is 7.50. The number of carbonyl (C=O) groups is 1. The SMILES string of the molecule is C[C@@H]1CCCN(C(=O)c2cccc(Cl)c2-n2nccn2)[C@@H]1CCc1ncc(Cl)cn1. The monoisotopic (exact) mass is 444 g/mol. The van der Waals surface area contributed by atoms with E-state index in [4.69, 9.17) is 23.2 Å². The number of para-hydroxylation sites is 1. The molecule has 1 aliphatic heterocycles. The zero-order valence-electron chi connectivity index (χ0n) is 16.6. The van der Waals surface area contributed by atoms with Gasteiger partial charge in [0.05, 0.1) is 28.0 Å². The number of amides is 1. The maximum atomic E-state index is 13.6. The Morgan fingerprint density at radius 1 is 1.17 bits per heavy atom. The number of nitrogens with zero attached hydrogens (tertiary/aromatic N) is 6. The van der Waals surface area contributed by atoms with Gasteiger partial charge in [0.2, 0.25) is 0 Å². The Morgan fingerprint density at radius 3 is 2.63 bits per heavy atom. The Kier molecular flexibility index (Phi) is 6.29. The number of benzene rings is 1. The van der Waals surface area contributed by atoms with Gasteiger partial charge < -0.3 is 4.90 Å². The number of hydrogen-bond acceptors (Lipinski definition) is 5. The van der Waals surface area contributed by atoms with E-state index in [9.17, 15) is 4.79 Å². The van der Waals surface area contributed by atoms with E-state index in [-0.39, 0.29) is 11.9 Å². The van der Waals surface area contributed by atoms with Crippen LogP contribution in [0.5, 0.6) is 0 Å². The van der Waals surface area contributed by atoms with Crippen molar-refractivity contribution in [2.45, 2.75) is 38.6 Å². The molecule has 1 aliphatic rings. The maximum absolute atomic E-state index is 13.6. The first-order valence-corrected chi connectivity index (χ1v) is 10.7. The summed E-state index contributed by atoms with van der Waals surface area (Å²) in [7, 11) is 0. The van der Waals surface area contributed by atoms with E-state index < -0.39 is 0 Å². The van der Waals surface area contributed by atoms with Crippen molar-refractivity contribution < 1.29 is 4.79 Å². The van der Waals surface area contributed by atoms with Gasteiger partial charge in [-0.25, -0.2) is 9.97 Å². The molecule has 3 aromatic rings. The quantitative estimate of drug-likeness (QED) is 0.587. The van der Waals surface area contributed by atoms with Crippen LogP contribution in [0.1, 0.15) is 42.4 Å². The van der Waals surface area contributed by atoms with Crippen molar-refractivity contribution >= 4 is 29.1 Å². The van der Waals surface area contributed by atoms with Crippen LogP contribution in [0.25, 0.3) is 5.69 Å². The molecule has 3 heterocycles. The number of halogens is 2. The second kappa shape index (κ2) is 9.10. The van der Waals surface area contributed by atoms with Crippen molar-refractivity contribution in [3.05, 3.63) is 64.4 Å². The van der Waals surface area contributed by atoms with Crippen molar-refractivity contribution in [3.8, 4) is 5.69 Å². The Morgan fingerprint density at radius 2 is 1.90 bits per heavy atom. The molecule has 1 saturated heterocycles. The third-order valence-electron chi connectivity index (χ3n) is 5.55. The molecule has 0 bridgehead atoms. The molecule has 2 aromatic heterocycles. The van der Waals surface area contributed by atoms with E-state index in [0.717, 1.165) is 25.1 Å². The van der Waals surface area contributed by atoms with Gasteiger partial charge in [-0.2, -0.15) is 10.2 Å². The van der Waals surface area contributed by atoms with Gasteiger partial charge in [0, 0.05) is 31.4 Å². The number of likely N-dealkylation sites (tertiary alicyclic amines) is 1. The first kappa shape index (κ1) is 20.8. The summed E-state index contributed by atoms with van der Waals surface area (Å²) >= 11 is 12.3. The topological polar surface area (TPSA) is 76.8 Å². The summed E-state index contributed by atoms with van der Waals surface area (Å²) in [5, 5.41) is 9.31. The van der Waals surface area contributed by atoms with Gasteiger partial charge in [-0.15, -0.1) is 4.80 Å². The second-order valence-corrected chi connectivity index (χ2v) is 8.34. The van der Waals surface area contributed by atoms with E-state index in [2.05, 4.69) is 27.1 Å². The van der Waals surface area contributed by atoms with Gasteiger partial charge in [0.25, 0.3) is 5.91 Å². The number of aromatic nitrogens is 5. The van der Waals surface area contributed by atoms with Crippen LogP contribution in [-0.2, 0) is 6.42 Å². The Bertz CT molecular complexity index is 1010. The Hall–Kier alpha value is -2.51. The van der Waals surface area contributed by atoms with E-state index >= 15 is 0 Å². The molecule has 30 heavy (non-hydrogen) atoms. The van der Waals surface area contributed by atoms with Crippen LogP contribution >= 0.6 is 23.2 Å². The number of carbonyl (C=O) groups excluding carboxylic acids is 1. The van der Waals surface area contributed by atoms with Crippen molar-refractivity contribution in [3.63, 3.8) is 0 Å². The van der Waals surface area contributed by atoms with E-state index in [1.54, 1.807) is 43.0 Å². The highest BCUT2D eigenvalue weighted by molar-refractivity contribution is 6.33. The molecule has 9 heteroatoms. The van der Waals surface area contributed by atoms with Crippen molar-refractivity contribution in [1.82, 2.24) is 29.9 Å². The fourth-order valence-electron chi connectivity index (χ4n) is 4.06. The van der Waals surface area contributed by atoms with Crippen LogP contribution in [0, 0.1) is 5.92 Å². The van der Waals surface area contributed by atoms with Crippen LogP contribution in [0.2, 0.25) is 10.0 Å². The minimum Gasteiger partial charge on any atom is -0.335 e. The molecule has 1 amide bonds. The summed E-state index contributed by atoms with van der Waals surface area (Å²) in [6.45, 7) is 2.90. The van der Waals surface area contributed by atoms with Crippen molar-refractivity contribution in [2.24, 2.45) is 5.92 Å². The Balaban J connectivity index is 1.60. The van der Waals surface area contributed by atoms with E-state index in [0.29, 0.717) is 40.2 Å². The van der Waals surface area contributed by atoms with Crippen molar-refractivity contribution in [1.29, 1.82) is 0 Å². The summed E-state index contributed by atoms with van der Waals surface area (Å²) in [4.78, 5) is 25.6. The molecule has 7 nitrogen and oxygen atoms in total. The third kappa shape index (κ3) is 4.32. The van der Waals surface area contributed by atoms with Crippen molar-refractivity contribution in [2.75, 3.05) is 6.54 Å². The van der Waals surface area contributed by atoms with Crippen LogP contribution in [0.4, 0.5) is 0 Å². The molecule has 2 atom stereocenters. The van der Waals surface area contributed by atoms with Gasteiger partial charge in [-0.3, -0.25) is 4.79 Å². The standard InChI is InChI=1S/C21H22Cl2N6O/c1-14-4-3-11-28(18(14)7-8-19-24-12-15(22)13-25-19)21(30)16-5-2-6-17(23)20(16)29-26-9-10-27-29/h2,5-6,9-10,12-14,18H,3-4,7-8,11H2,1H3/t14-,18-/m1/s1. The zero-order chi connectivity index (χ0) is 21.1. The molecule has 1 aromatic carbocycles. The van der Waals surface area contributed by atoms with Gasteiger partial charge in [-0.05, 0) is 37.3 Å². The lowest BCUT2D eigenvalue weighted by molar-refractivity contribution is 0.0498. The molecule has 0 aliphatic carbocycles. The minimum absolute atomic E-state index is 0.0571. The van der Waals surface area contributed by atoms with E-state index in [1.165, 1.54) is 4.80 Å². The first-order valence-electron chi connectivity index (χ1n) is 9.97. The molecule has 4 rings (SSSR count). The molecule has 156 valence electrons. The number of rotatable bonds is 5. The molecule has 0 N–H and O–H groups in total. The third-order valence-corrected chi connectivity index (χ3v) is 6.05. The fraction of sp³-hybridized carbons (Fsp3) is 0.381. The van der Waals surface area contributed by atoms with Gasteiger partial charge in [0.15, 0.2) is 0 Å². The lowest BCUT2D eigenvalue weighted by Gasteiger charge is -2.40. The lowest BCUT2D eigenvalue weighted by atomic mass is 9.87. The molecule has 0 radical (unpaired) electrons. The fourth-order valence-corrected chi connectivity index (χ4v) is 4.41. The maximum Gasteiger partial charge on any atom is 0.256 e. The summed E-state index contributed by atoms with van der Waals surface area (Å²) in [6, 6.07) is 5.39. The lowest BCUT2D eigenvalue weighted by Crippen LogP contribution is -2.48. The molecule has 0 unspecified atom stereocenters. The van der Waals surface area contributed by atoms with Gasteiger partial charge in [-0.1, -0.05) is 36.2 Å². The predicted molar refractivity (Wildman–Crippen MR) is 115 cm³/mol. The minimum atomic E-state index is -0.0571. The highest BCUT2D eigenvalue weighted by Crippen LogP contribution is 2.31. The van der Waals surface area contributed by atoms with Gasteiger partial charge in [0.1, 0.15) is 11.5 Å². The Labute approximate surface area is 185 Å². The summed E-state index contributed by atoms with van der Waals surface area (Å²) in [5.41, 5.74) is 1.01. The summed E-state index contributed by atoms with van der Waals surface area (Å²) in [6.07, 6.45) is 9.85. The average molecular weight is 445 g/mol. The highest BCUT2D eigenvalue weighted by Gasteiger charge is 2.33. The van der Waals surface area contributed by atoms with Crippen LogP contribution < -0.4 is 0 Å².